The van der Waals surface area contributed by atoms with Crippen LogP contribution in [-0.2, 0) is 4.79 Å². The highest BCUT2D eigenvalue weighted by molar-refractivity contribution is 5.76. The molecule has 0 aromatic heterocycles. The van der Waals surface area contributed by atoms with Crippen LogP contribution in [0.3, 0.4) is 0 Å². The lowest BCUT2D eigenvalue weighted by Gasteiger charge is -2.14. The van der Waals surface area contributed by atoms with Crippen molar-refractivity contribution < 1.29 is 18.3 Å². The van der Waals surface area contributed by atoms with Crippen LogP contribution in [0.4, 0.5) is 8.78 Å². The van der Waals surface area contributed by atoms with Crippen molar-refractivity contribution in [1.82, 2.24) is 5.32 Å². The topological polar surface area (TPSA) is 64.3 Å². The van der Waals surface area contributed by atoms with Gasteiger partial charge in [-0.05, 0) is 25.5 Å². The van der Waals surface area contributed by atoms with Gasteiger partial charge in [0.2, 0.25) is 5.91 Å². The van der Waals surface area contributed by atoms with E-state index in [4.69, 9.17) is 10.5 Å². The summed E-state index contributed by atoms with van der Waals surface area (Å²) in [5, 5.41) is 2.13. The molecule has 1 rings (SSSR count). The molecule has 0 aliphatic heterocycles. The van der Waals surface area contributed by atoms with Gasteiger partial charge in [-0.15, -0.1) is 0 Å². The second-order valence-electron chi connectivity index (χ2n) is 4.70. The summed E-state index contributed by atoms with van der Waals surface area (Å²) >= 11 is 0. The molecule has 112 valence electrons. The van der Waals surface area contributed by atoms with E-state index in [1.54, 1.807) is 0 Å². The van der Waals surface area contributed by atoms with E-state index in [-0.39, 0.29) is 13.0 Å². The number of carbonyl (C=O) groups excluding carboxylic acids is 1. The summed E-state index contributed by atoms with van der Waals surface area (Å²) in [6, 6.07) is 5.70. The SMILES string of the molecule is Cc1ccc(OCCC(=O)NCC(F)(F)CN)c(C)c1. The number of benzene rings is 1. The number of halogens is 2. The quantitative estimate of drug-likeness (QED) is 0.803. The fraction of sp³-hybridized carbons (Fsp3) is 0.500. The van der Waals surface area contributed by atoms with Crippen molar-refractivity contribution in [2.75, 3.05) is 19.7 Å². The highest BCUT2D eigenvalue weighted by atomic mass is 19.3. The van der Waals surface area contributed by atoms with E-state index in [9.17, 15) is 13.6 Å². The fourth-order valence-corrected chi connectivity index (χ4v) is 1.60. The van der Waals surface area contributed by atoms with Crippen LogP contribution in [0.1, 0.15) is 17.5 Å². The van der Waals surface area contributed by atoms with Gasteiger partial charge >= 0.3 is 0 Å². The third kappa shape index (κ3) is 5.52. The first-order valence-electron chi connectivity index (χ1n) is 6.39. The monoisotopic (exact) mass is 286 g/mol. The Morgan fingerprint density at radius 1 is 1.40 bits per heavy atom. The van der Waals surface area contributed by atoms with Crippen LogP contribution in [0.5, 0.6) is 5.75 Å². The van der Waals surface area contributed by atoms with Gasteiger partial charge in [0.1, 0.15) is 5.75 Å². The summed E-state index contributed by atoms with van der Waals surface area (Å²) in [6.07, 6.45) is 0.0218. The van der Waals surface area contributed by atoms with E-state index in [0.717, 1.165) is 11.1 Å². The molecule has 3 N–H and O–H groups in total. The van der Waals surface area contributed by atoms with E-state index < -0.39 is 24.9 Å². The Kier molecular flexibility index (Phi) is 5.88. The molecule has 4 nitrogen and oxygen atoms in total. The van der Waals surface area contributed by atoms with E-state index in [0.29, 0.717) is 5.75 Å². The van der Waals surface area contributed by atoms with Gasteiger partial charge in [-0.1, -0.05) is 17.7 Å². The van der Waals surface area contributed by atoms with Crippen molar-refractivity contribution in [1.29, 1.82) is 0 Å². The summed E-state index contributed by atoms with van der Waals surface area (Å²) in [7, 11) is 0. The van der Waals surface area contributed by atoms with Gasteiger partial charge in [0, 0.05) is 0 Å². The van der Waals surface area contributed by atoms with Gasteiger partial charge in [-0.3, -0.25) is 4.79 Å². The lowest BCUT2D eigenvalue weighted by Crippen LogP contribution is -2.41. The molecular formula is C14H20F2N2O2. The molecule has 0 saturated heterocycles. The first-order chi connectivity index (χ1) is 9.34. The number of nitrogens with two attached hydrogens (primary N) is 1. The minimum absolute atomic E-state index is 0.0218. The number of hydrogen-bond acceptors (Lipinski definition) is 3. The van der Waals surface area contributed by atoms with Crippen molar-refractivity contribution in [3.63, 3.8) is 0 Å². The molecule has 0 spiro atoms. The standard InChI is InChI=1S/C14H20F2N2O2/c1-10-3-4-12(11(2)7-10)20-6-5-13(19)18-9-14(15,16)8-17/h3-4,7H,5-6,8-9,17H2,1-2H3,(H,18,19). The van der Waals surface area contributed by atoms with Gasteiger partial charge < -0.3 is 15.8 Å². The van der Waals surface area contributed by atoms with Crippen molar-refractivity contribution in [2.45, 2.75) is 26.2 Å². The summed E-state index contributed by atoms with van der Waals surface area (Å²) in [6.45, 7) is 2.49. The zero-order chi connectivity index (χ0) is 15.2. The number of ether oxygens (including phenoxy) is 1. The number of rotatable bonds is 7. The Labute approximate surface area is 117 Å². The van der Waals surface area contributed by atoms with Crippen LogP contribution in [0.2, 0.25) is 0 Å². The highest BCUT2D eigenvalue weighted by Crippen LogP contribution is 2.18. The summed E-state index contributed by atoms with van der Waals surface area (Å²) in [5.41, 5.74) is 6.97. The van der Waals surface area contributed by atoms with E-state index in [1.807, 2.05) is 32.0 Å². The van der Waals surface area contributed by atoms with E-state index >= 15 is 0 Å². The van der Waals surface area contributed by atoms with E-state index in [2.05, 4.69) is 5.32 Å². The molecule has 1 amide bonds. The second-order valence-corrected chi connectivity index (χ2v) is 4.70. The smallest absolute Gasteiger partial charge is 0.277 e. The lowest BCUT2D eigenvalue weighted by molar-refractivity contribution is -0.123. The zero-order valence-electron chi connectivity index (χ0n) is 11.7. The third-order valence-corrected chi connectivity index (χ3v) is 2.76. The Morgan fingerprint density at radius 2 is 2.10 bits per heavy atom. The van der Waals surface area contributed by atoms with Gasteiger partial charge in [-0.25, -0.2) is 8.78 Å². The molecule has 0 aliphatic carbocycles. The molecule has 20 heavy (non-hydrogen) atoms. The molecule has 0 radical (unpaired) electrons. The first kappa shape index (κ1) is 16.4. The molecule has 0 saturated carbocycles. The highest BCUT2D eigenvalue weighted by Gasteiger charge is 2.26. The average Bonchev–Trinajstić information content (AvgIpc) is 2.39. The molecule has 0 aliphatic rings. The molecule has 0 heterocycles. The van der Waals surface area contributed by atoms with Crippen molar-refractivity contribution >= 4 is 5.91 Å². The summed E-state index contributed by atoms with van der Waals surface area (Å²) in [4.78, 5) is 11.4. The Bertz CT molecular complexity index is 464. The first-order valence-corrected chi connectivity index (χ1v) is 6.39. The van der Waals surface area contributed by atoms with Gasteiger partial charge in [-0.2, -0.15) is 0 Å². The van der Waals surface area contributed by atoms with Gasteiger partial charge in [0.15, 0.2) is 0 Å². The van der Waals surface area contributed by atoms with Crippen LogP contribution >= 0.6 is 0 Å². The van der Waals surface area contributed by atoms with Gasteiger partial charge in [0.05, 0.1) is 26.1 Å². The number of hydrogen-bond donors (Lipinski definition) is 2. The predicted molar refractivity (Wildman–Crippen MR) is 73.0 cm³/mol. The van der Waals surface area contributed by atoms with Crippen molar-refractivity contribution in [3.05, 3.63) is 29.3 Å². The fourth-order valence-electron chi connectivity index (χ4n) is 1.60. The molecule has 0 fully saturated rings. The van der Waals surface area contributed by atoms with Crippen LogP contribution in [-0.4, -0.2) is 31.5 Å². The maximum absolute atomic E-state index is 12.8. The van der Waals surface area contributed by atoms with Crippen LogP contribution in [0.25, 0.3) is 0 Å². The van der Waals surface area contributed by atoms with Crippen LogP contribution in [0, 0.1) is 13.8 Å². The molecule has 1 aromatic carbocycles. The molecular weight excluding hydrogens is 266 g/mol. The molecule has 0 bridgehead atoms. The summed E-state index contributed by atoms with van der Waals surface area (Å²) < 4.78 is 31.1. The maximum atomic E-state index is 12.8. The Balaban J connectivity index is 2.32. The van der Waals surface area contributed by atoms with Crippen molar-refractivity contribution in [2.24, 2.45) is 5.73 Å². The molecule has 0 atom stereocenters. The largest absolute Gasteiger partial charge is 0.493 e. The third-order valence-electron chi connectivity index (χ3n) is 2.76. The Morgan fingerprint density at radius 3 is 2.70 bits per heavy atom. The number of carbonyl (C=O) groups is 1. The normalized spacial score (nSPS) is 11.2. The number of amides is 1. The maximum Gasteiger partial charge on any atom is 0.277 e. The minimum Gasteiger partial charge on any atom is -0.493 e. The minimum atomic E-state index is -3.07. The van der Waals surface area contributed by atoms with Crippen LogP contribution < -0.4 is 15.8 Å². The van der Waals surface area contributed by atoms with Gasteiger partial charge in [0.25, 0.3) is 5.92 Å². The average molecular weight is 286 g/mol. The molecule has 1 aromatic rings. The van der Waals surface area contributed by atoms with Crippen molar-refractivity contribution in [3.8, 4) is 5.75 Å². The number of alkyl halides is 2. The van der Waals surface area contributed by atoms with Crippen LogP contribution in [0.15, 0.2) is 18.2 Å². The van der Waals surface area contributed by atoms with E-state index in [1.165, 1.54) is 0 Å². The summed E-state index contributed by atoms with van der Waals surface area (Å²) in [5.74, 6) is -2.86. The molecule has 6 heteroatoms. The predicted octanol–water partition coefficient (Wildman–Crippen LogP) is 1.78. The number of aryl methyl sites for hydroxylation is 2. The second kappa shape index (κ2) is 7.19. The Hall–Kier alpha value is -1.69. The zero-order valence-corrected chi connectivity index (χ0v) is 11.7. The lowest BCUT2D eigenvalue weighted by atomic mass is 10.1. The molecule has 0 unspecified atom stereocenters. The number of nitrogens with one attached hydrogen (secondary N) is 1.